The van der Waals surface area contributed by atoms with Crippen LogP contribution in [0.2, 0.25) is 0 Å². The van der Waals surface area contributed by atoms with Gasteiger partial charge in [0.1, 0.15) is 0 Å². The van der Waals surface area contributed by atoms with Gasteiger partial charge in [-0.1, -0.05) is 46.3 Å². The van der Waals surface area contributed by atoms with Crippen LogP contribution in [0.1, 0.15) is 11.8 Å². The molecule has 0 fully saturated rings. The Kier molecular flexibility index (Phi) is 8.07. The van der Waals surface area contributed by atoms with Gasteiger partial charge in [0.05, 0.1) is 0 Å². The predicted molar refractivity (Wildman–Crippen MR) is 103 cm³/mol. The van der Waals surface area contributed by atoms with Crippen molar-refractivity contribution in [1.82, 2.24) is 0 Å². The Balaban J connectivity index is 0.000000562. The Morgan fingerprint density at radius 2 is 1.77 bits per heavy atom. The largest absolute Gasteiger partial charge is 0.397 e. The van der Waals surface area contributed by atoms with Crippen LogP contribution >= 0.6 is 39.7 Å². The van der Waals surface area contributed by atoms with Gasteiger partial charge in [0.15, 0.2) is 0 Å². The number of aliphatic hydroxyl groups is 1. The van der Waals surface area contributed by atoms with Gasteiger partial charge in [-0.2, -0.15) is 0 Å². The molecular formula is C17H19BrClNOS. The topological polar surface area (TPSA) is 46.2 Å². The second-order valence-electron chi connectivity index (χ2n) is 4.43. The van der Waals surface area contributed by atoms with E-state index in [1.165, 1.54) is 26.1 Å². The number of rotatable bonds is 2. The molecule has 0 unspecified atom stereocenters. The van der Waals surface area contributed by atoms with Crippen molar-refractivity contribution in [3.63, 3.8) is 0 Å². The summed E-state index contributed by atoms with van der Waals surface area (Å²) in [7, 11) is 0. The normalized spacial score (nSPS) is 9.82. The van der Waals surface area contributed by atoms with E-state index in [9.17, 15) is 0 Å². The van der Waals surface area contributed by atoms with Gasteiger partial charge in [0, 0.05) is 38.2 Å². The van der Waals surface area contributed by atoms with Gasteiger partial charge in [0.2, 0.25) is 0 Å². The highest BCUT2D eigenvalue weighted by Gasteiger charge is 2.12. The molecule has 5 heteroatoms. The standard InChI is InChI=1S/C15H12BrNS.C2H6O.ClH/c16-11-6-7-13-12(8-11)15(14(9-17)18-13)10-4-2-1-3-5-10;1-2-3;/h1-8H,9,17H2;3H,2H2,1H3;1H. The molecule has 0 radical (unpaired) electrons. The summed E-state index contributed by atoms with van der Waals surface area (Å²) in [6.45, 7) is 2.52. The minimum Gasteiger partial charge on any atom is -0.397 e. The zero-order valence-electron chi connectivity index (χ0n) is 12.3. The van der Waals surface area contributed by atoms with Gasteiger partial charge in [-0.05, 0) is 30.7 Å². The van der Waals surface area contributed by atoms with Gasteiger partial charge < -0.3 is 10.8 Å². The van der Waals surface area contributed by atoms with Gasteiger partial charge >= 0.3 is 0 Å². The molecule has 2 nitrogen and oxygen atoms in total. The molecular weight excluding hydrogens is 382 g/mol. The summed E-state index contributed by atoms with van der Waals surface area (Å²) in [5.41, 5.74) is 8.40. The Bertz CT molecular complexity index is 715. The van der Waals surface area contributed by atoms with Crippen LogP contribution in [-0.2, 0) is 6.54 Å². The van der Waals surface area contributed by atoms with Crippen LogP contribution in [-0.4, -0.2) is 11.7 Å². The van der Waals surface area contributed by atoms with Crippen LogP contribution in [0.5, 0.6) is 0 Å². The van der Waals surface area contributed by atoms with Crippen molar-refractivity contribution in [2.75, 3.05) is 6.61 Å². The Hall–Kier alpha value is -0.910. The first-order valence-corrected chi connectivity index (χ1v) is 8.39. The lowest BCUT2D eigenvalue weighted by Crippen LogP contribution is -1.94. The molecule has 3 N–H and O–H groups in total. The summed E-state index contributed by atoms with van der Waals surface area (Å²) in [5, 5.41) is 8.85. The highest BCUT2D eigenvalue weighted by molar-refractivity contribution is 9.10. The molecule has 0 spiro atoms. The van der Waals surface area contributed by atoms with Crippen LogP contribution in [0.4, 0.5) is 0 Å². The van der Waals surface area contributed by atoms with E-state index in [2.05, 4.69) is 58.4 Å². The molecule has 3 rings (SSSR count). The van der Waals surface area contributed by atoms with Crippen molar-refractivity contribution in [3.8, 4) is 11.1 Å². The Labute approximate surface area is 149 Å². The highest BCUT2D eigenvalue weighted by atomic mass is 79.9. The molecule has 118 valence electrons. The summed E-state index contributed by atoms with van der Waals surface area (Å²) < 4.78 is 2.39. The highest BCUT2D eigenvalue weighted by Crippen LogP contribution is 2.39. The summed E-state index contributed by atoms with van der Waals surface area (Å²) in [6, 6.07) is 16.9. The number of fused-ring (bicyclic) bond motifs is 1. The van der Waals surface area contributed by atoms with E-state index in [1.807, 2.05) is 6.07 Å². The zero-order chi connectivity index (χ0) is 15.2. The average Bonchev–Trinajstić information content (AvgIpc) is 2.86. The zero-order valence-corrected chi connectivity index (χ0v) is 15.5. The maximum absolute atomic E-state index is 7.57. The lowest BCUT2D eigenvalue weighted by Gasteiger charge is -2.03. The van der Waals surface area contributed by atoms with Gasteiger partial charge in [0.25, 0.3) is 0 Å². The summed E-state index contributed by atoms with van der Waals surface area (Å²) >= 11 is 5.33. The minimum absolute atomic E-state index is 0. The summed E-state index contributed by atoms with van der Waals surface area (Å²) in [6.07, 6.45) is 0. The number of halogens is 2. The first-order valence-electron chi connectivity index (χ1n) is 6.78. The van der Waals surface area contributed by atoms with Crippen molar-refractivity contribution in [2.45, 2.75) is 13.5 Å². The number of hydrogen-bond acceptors (Lipinski definition) is 3. The van der Waals surface area contributed by atoms with E-state index in [-0.39, 0.29) is 19.0 Å². The smallest absolute Gasteiger partial charge is 0.0402 e. The van der Waals surface area contributed by atoms with E-state index in [0.29, 0.717) is 6.54 Å². The monoisotopic (exact) mass is 399 g/mol. The maximum atomic E-state index is 7.57. The van der Waals surface area contributed by atoms with Gasteiger partial charge in [-0.15, -0.1) is 23.7 Å². The SMILES string of the molecule is CCO.Cl.NCc1sc2ccc(Br)cc2c1-c1ccccc1. The maximum Gasteiger partial charge on any atom is 0.0402 e. The van der Waals surface area contributed by atoms with Crippen LogP contribution < -0.4 is 5.73 Å². The molecule has 0 aliphatic carbocycles. The number of nitrogens with two attached hydrogens (primary N) is 1. The van der Waals surface area contributed by atoms with Crippen molar-refractivity contribution >= 4 is 49.8 Å². The molecule has 1 aromatic heterocycles. The average molecular weight is 401 g/mol. The summed E-state index contributed by atoms with van der Waals surface area (Å²) in [4.78, 5) is 1.24. The molecule has 22 heavy (non-hydrogen) atoms. The predicted octanol–water partition coefficient (Wildman–Crippen LogP) is 5.21. The second kappa shape index (κ2) is 9.28. The molecule has 0 saturated heterocycles. The molecule has 1 heterocycles. The van der Waals surface area contributed by atoms with E-state index in [4.69, 9.17) is 10.8 Å². The number of thiophene rings is 1. The Morgan fingerprint density at radius 3 is 2.36 bits per heavy atom. The minimum atomic E-state index is 0. The van der Waals surface area contributed by atoms with E-state index >= 15 is 0 Å². The third-order valence-electron chi connectivity index (χ3n) is 2.97. The number of benzene rings is 2. The van der Waals surface area contributed by atoms with Crippen LogP contribution in [0, 0.1) is 0 Å². The molecule has 0 bridgehead atoms. The van der Waals surface area contributed by atoms with Crippen molar-refractivity contribution in [1.29, 1.82) is 0 Å². The lowest BCUT2D eigenvalue weighted by molar-refractivity contribution is 0.318. The summed E-state index contributed by atoms with van der Waals surface area (Å²) in [5.74, 6) is 0. The van der Waals surface area contributed by atoms with Gasteiger partial charge in [-0.3, -0.25) is 0 Å². The van der Waals surface area contributed by atoms with E-state index in [1.54, 1.807) is 18.3 Å². The van der Waals surface area contributed by atoms with Gasteiger partial charge in [-0.25, -0.2) is 0 Å². The fourth-order valence-electron chi connectivity index (χ4n) is 2.19. The molecule has 0 aliphatic heterocycles. The van der Waals surface area contributed by atoms with E-state index < -0.39 is 0 Å². The Morgan fingerprint density at radius 1 is 1.14 bits per heavy atom. The lowest BCUT2D eigenvalue weighted by atomic mass is 10.0. The third kappa shape index (κ3) is 4.31. The van der Waals surface area contributed by atoms with Crippen LogP contribution in [0.25, 0.3) is 21.2 Å². The molecule has 0 atom stereocenters. The molecule has 0 amide bonds. The molecule has 3 aromatic rings. The molecule has 2 aromatic carbocycles. The second-order valence-corrected chi connectivity index (χ2v) is 6.48. The van der Waals surface area contributed by atoms with Crippen molar-refractivity contribution in [3.05, 3.63) is 57.9 Å². The number of hydrogen-bond donors (Lipinski definition) is 2. The first-order chi connectivity index (χ1) is 10.2. The molecule has 0 saturated carbocycles. The van der Waals surface area contributed by atoms with E-state index in [0.717, 1.165) is 4.47 Å². The third-order valence-corrected chi connectivity index (χ3v) is 4.66. The van der Waals surface area contributed by atoms with Crippen molar-refractivity contribution in [2.24, 2.45) is 5.73 Å². The molecule has 0 aliphatic rings. The van der Waals surface area contributed by atoms with Crippen molar-refractivity contribution < 1.29 is 5.11 Å². The number of aliphatic hydroxyl groups excluding tert-OH is 1. The van der Waals surface area contributed by atoms with Crippen LogP contribution in [0.3, 0.4) is 0 Å². The quantitative estimate of drug-likeness (QED) is 0.620. The fourth-order valence-corrected chi connectivity index (χ4v) is 3.63. The first kappa shape index (κ1) is 19.1. The van der Waals surface area contributed by atoms with Crippen LogP contribution in [0.15, 0.2) is 53.0 Å². The fraction of sp³-hybridized carbons (Fsp3) is 0.176.